The molecule has 2 rings (SSSR count). The third-order valence-electron chi connectivity index (χ3n) is 2.83. The number of nitrogens with zero attached hydrogens (tertiary/aromatic N) is 2. The molecule has 0 atom stereocenters. The zero-order chi connectivity index (χ0) is 9.80. The number of aromatic nitrogens is 1. The number of nitrogens with one attached hydrogen (secondary N) is 1. The molecule has 0 saturated carbocycles. The molecule has 1 saturated heterocycles. The lowest BCUT2D eigenvalue weighted by molar-refractivity contribution is 0.441. The van der Waals surface area contributed by atoms with Gasteiger partial charge in [0.15, 0.2) is 0 Å². The van der Waals surface area contributed by atoms with Gasteiger partial charge in [0, 0.05) is 31.4 Å². The fourth-order valence-corrected chi connectivity index (χ4v) is 1.90. The van der Waals surface area contributed by atoms with Crippen molar-refractivity contribution in [3.63, 3.8) is 0 Å². The van der Waals surface area contributed by atoms with E-state index in [1.807, 2.05) is 19.2 Å². The summed E-state index contributed by atoms with van der Waals surface area (Å²) < 4.78 is 0. The van der Waals surface area contributed by atoms with Crippen molar-refractivity contribution >= 4 is 5.82 Å². The van der Waals surface area contributed by atoms with Crippen molar-refractivity contribution in [2.75, 3.05) is 25.0 Å². The zero-order valence-corrected chi connectivity index (χ0v) is 8.53. The predicted molar refractivity (Wildman–Crippen MR) is 57.4 cm³/mol. The van der Waals surface area contributed by atoms with Gasteiger partial charge in [-0.15, -0.1) is 0 Å². The molecule has 2 heterocycles. The maximum Gasteiger partial charge on any atom is 0.128 e. The van der Waals surface area contributed by atoms with Crippen LogP contribution in [0.25, 0.3) is 0 Å². The molecule has 0 spiro atoms. The zero-order valence-electron chi connectivity index (χ0n) is 8.53. The Labute approximate surface area is 85.1 Å². The number of piperidine rings is 1. The molecule has 14 heavy (non-hydrogen) atoms. The number of hydrogen-bond donors (Lipinski definition) is 1. The third-order valence-corrected chi connectivity index (χ3v) is 2.83. The van der Waals surface area contributed by atoms with E-state index < -0.39 is 0 Å². The summed E-state index contributed by atoms with van der Waals surface area (Å²) in [5.41, 5.74) is 0. The van der Waals surface area contributed by atoms with Crippen LogP contribution in [0.2, 0.25) is 0 Å². The van der Waals surface area contributed by atoms with Crippen LogP contribution in [0.4, 0.5) is 5.82 Å². The van der Waals surface area contributed by atoms with E-state index >= 15 is 0 Å². The minimum Gasteiger partial charge on any atom is -0.357 e. The number of anilines is 1. The van der Waals surface area contributed by atoms with E-state index in [9.17, 15) is 0 Å². The Kier molecular flexibility index (Phi) is 2.99. The lowest BCUT2D eigenvalue weighted by Crippen LogP contribution is -2.41. The second-order valence-corrected chi connectivity index (χ2v) is 3.67. The first-order chi connectivity index (χ1) is 6.90. The molecule has 1 aliphatic rings. The molecule has 0 amide bonds. The lowest BCUT2D eigenvalue weighted by atomic mass is 10.1. The maximum absolute atomic E-state index is 4.30. The minimum atomic E-state index is 0.682. The van der Waals surface area contributed by atoms with Gasteiger partial charge in [-0.2, -0.15) is 0 Å². The predicted octanol–water partition coefficient (Wildman–Crippen LogP) is 1.07. The van der Waals surface area contributed by atoms with E-state index in [1.165, 1.54) is 12.8 Å². The summed E-state index contributed by atoms with van der Waals surface area (Å²) in [4.78, 5) is 6.64. The first kappa shape index (κ1) is 9.46. The van der Waals surface area contributed by atoms with Crippen molar-refractivity contribution in [2.24, 2.45) is 0 Å². The maximum atomic E-state index is 4.30. The fraction of sp³-hybridized carbons (Fsp3) is 0.545. The van der Waals surface area contributed by atoms with Gasteiger partial charge in [-0.1, -0.05) is 0 Å². The van der Waals surface area contributed by atoms with Crippen LogP contribution in [0, 0.1) is 6.07 Å². The van der Waals surface area contributed by atoms with Crippen LogP contribution in [0.3, 0.4) is 0 Å². The molecule has 0 unspecified atom stereocenters. The first-order valence-corrected chi connectivity index (χ1v) is 5.14. The molecular formula is C11H16N3. The van der Waals surface area contributed by atoms with Crippen LogP contribution in [0.5, 0.6) is 0 Å². The third kappa shape index (κ3) is 2.04. The molecule has 0 aliphatic carbocycles. The van der Waals surface area contributed by atoms with Gasteiger partial charge in [-0.3, -0.25) is 0 Å². The molecule has 0 aromatic carbocycles. The Morgan fingerprint density at radius 2 is 2.29 bits per heavy atom. The SMILES string of the molecule is CNC1CCN(c2cc[c]cn2)CC1. The number of pyridine rings is 1. The number of rotatable bonds is 2. The van der Waals surface area contributed by atoms with Crippen LogP contribution in [0.1, 0.15) is 12.8 Å². The monoisotopic (exact) mass is 190 g/mol. The standard InChI is InChI=1S/C11H16N3/c1-12-10-5-8-14(9-6-10)11-4-2-3-7-13-11/h2,4,7,10,12H,5-6,8-9H2,1H3. The van der Waals surface area contributed by atoms with E-state index in [4.69, 9.17) is 0 Å². The highest BCUT2D eigenvalue weighted by atomic mass is 15.2. The van der Waals surface area contributed by atoms with Gasteiger partial charge in [0.2, 0.25) is 0 Å². The lowest BCUT2D eigenvalue weighted by Gasteiger charge is -2.32. The Morgan fingerprint density at radius 3 is 2.86 bits per heavy atom. The molecular weight excluding hydrogens is 174 g/mol. The normalized spacial score (nSPS) is 18.5. The molecule has 3 nitrogen and oxygen atoms in total. The highest BCUT2D eigenvalue weighted by molar-refractivity contribution is 5.37. The summed E-state index contributed by atoms with van der Waals surface area (Å²) in [7, 11) is 2.04. The molecule has 3 heteroatoms. The molecule has 1 aromatic heterocycles. The van der Waals surface area contributed by atoms with Gasteiger partial charge >= 0.3 is 0 Å². The topological polar surface area (TPSA) is 28.2 Å². The molecule has 1 aliphatic heterocycles. The first-order valence-electron chi connectivity index (χ1n) is 5.14. The van der Waals surface area contributed by atoms with Gasteiger partial charge in [0.25, 0.3) is 0 Å². The van der Waals surface area contributed by atoms with Crippen molar-refractivity contribution in [1.29, 1.82) is 0 Å². The van der Waals surface area contributed by atoms with Crippen LogP contribution in [-0.2, 0) is 0 Å². The molecule has 1 aromatic rings. The van der Waals surface area contributed by atoms with Crippen molar-refractivity contribution in [3.8, 4) is 0 Å². The van der Waals surface area contributed by atoms with Crippen molar-refractivity contribution in [1.82, 2.24) is 10.3 Å². The van der Waals surface area contributed by atoms with Crippen molar-refractivity contribution < 1.29 is 0 Å². The average molecular weight is 190 g/mol. The highest BCUT2D eigenvalue weighted by Crippen LogP contribution is 2.16. The summed E-state index contributed by atoms with van der Waals surface area (Å²) in [5.74, 6) is 1.08. The highest BCUT2D eigenvalue weighted by Gasteiger charge is 2.17. The molecule has 1 fully saturated rings. The molecule has 1 radical (unpaired) electrons. The van der Waals surface area contributed by atoms with E-state index in [-0.39, 0.29) is 0 Å². The average Bonchev–Trinajstić information content (AvgIpc) is 2.30. The summed E-state index contributed by atoms with van der Waals surface area (Å²) in [6.45, 7) is 2.20. The van der Waals surface area contributed by atoms with E-state index in [0.717, 1.165) is 18.9 Å². The Balaban J connectivity index is 1.96. The Hall–Kier alpha value is -1.09. The van der Waals surface area contributed by atoms with E-state index in [2.05, 4.69) is 21.3 Å². The van der Waals surface area contributed by atoms with Crippen LogP contribution < -0.4 is 10.2 Å². The van der Waals surface area contributed by atoms with E-state index in [1.54, 1.807) is 6.20 Å². The van der Waals surface area contributed by atoms with Gasteiger partial charge < -0.3 is 10.2 Å². The fourth-order valence-electron chi connectivity index (χ4n) is 1.90. The minimum absolute atomic E-state index is 0.682. The largest absolute Gasteiger partial charge is 0.357 e. The van der Waals surface area contributed by atoms with Gasteiger partial charge in [0.05, 0.1) is 0 Å². The molecule has 1 N–H and O–H groups in total. The van der Waals surface area contributed by atoms with Crippen LogP contribution in [-0.4, -0.2) is 31.2 Å². The Morgan fingerprint density at radius 1 is 1.50 bits per heavy atom. The number of hydrogen-bond acceptors (Lipinski definition) is 3. The van der Waals surface area contributed by atoms with E-state index in [0.29, 0.717) is 6.04 Å². The quantitative estimate of drug-likeness (QED) is 0.756. The van der Waals surface area contributed by atoms with Crippen molar-refractivity contribution in [3.05, 3.63) is 24.4 Å². The second kappa shape index (κ2) is 4.42. The van der Waals surface area contributed by atoms with Gasteiger partial charge in [-0.25, -0.2) is 4.98 Å². The molecule has 0 bridgehead atoms. The van der Waals surface area contributed by atoms with Crippen LogP contribution in [0.15, 0.2) is 18.3 Å². The van der Waals surface area contributed by atoms with Gasteiger partial charge in [0.1, 0.15) is 5.82 Å². The molecule has 75 valence electrons. The summed E-state index contributed by atoms with van der Waals surface area (Å²) in [5, 5.41) is 3.32. The Bertz CT molecular complexity index is 265. The van der Waals surface area contributed by atoms with Gasteiger partial charge in [-0.05, 0) is 32.0 Å². The summed E-state index contributed by atoms with van der Waals surface area (Å²) in [6, 6.07) is 7.57. The van der Waals surface area contributed by atoms with Crippen LogP contribution >= 0.6 is 0 Å². The van der Waals surface area contributed by atoms with Crippen molar-refractivity contribution in [2.45, 2.75) is 18.9 Å². The smallest absolute Gasteiger partial charge is 0.128 e. The summed E-state index contributed by atoms with van der Waals surface area (Å²) in [6.07, 6.45) is 4.15. The second-order valence-electron chi connectivity index (χ2n) is 3.67. The summed E-state index contributed by atoms with van der Waals surface area (Å²) >= 11 is 0.